The molecule has 0 spiro atoms. The number of hydrogen-bond donors (Lipinski definition) is 2. The summed E-state index contributed by atoms with van der Waals surface area (Å²) in [7, 11) is 0. The maximum atomic E-state index is 13.3. The number of nitrogens with two attached hydrogens (primary N) is 1. The van der Waals surface area contributed by atoms with E-state index in [9.17, 15) is 9.18 Å². The van der Waals surface area contributed by atoms with Crippen LogP contribution in [0.4, 0.5) is 15.8 Å². The Morgan fingerprint density at radius 3 is 2.86 bits per heavy atom. The highest BCUT2D eigenvalue weighted by atomic mass is 79.9. The molecule has 0 radical (unpaired) electrons. The Morgan fingerprint density at radius 2 is 2.14 bits per heavy atom. The van der Waals surface area contributed by atoms with Crippen LogP contribution in [0.3, 0.4) is 0 Å². The zero-order chi connectivity index (χ0) is 15.4. The van der Waals surface area contributed by atoms with Crippen LogP contribution in [-0.4, -0.2) is 12.5 Å². The number of carbonyl (C=O) groups excluding carboxylic acids is 1. The Balaban J connectivity index is 2.22. The summed E-state index contributed by atoms with van der Waals surface area (Å²) in [4.78, 5) is 12.2. The number of rotatable bonds is 4. The first-order chi connectivity index (χ1) is 10.0. The molecule has 0 saturated carbocycles. The molecule has 6 heteroatoms. The summed E-state index contributed by atoms with van der Waals surface area (Å²) in [6, 6.07) is 9.48. The minimum absolute atomic E-state index is 0.0774. The van der Waals surface area contributed by atoms with Crippen molar-refractivity contribution in [3.05, 3.63) is 52.3 Å². The van der Waals surface area contributed by atoms with Gasteiger partial charge in [-0.2, -0.15) is 0 Å². The molecule has 2 aromatic rings. The molecule has 0 fully saturated rings. The SMILES string of the molecule is CCOc1cccc(NC(=O)c2cc(N)c(F)cc2Br)c1. The van der Waals surface area contributed by atoms with Crippen LogP contribution in [0.25, 0.3) is 0 Å². The van der Waals surface area contributed by atoms with Crippen LogP contribution < -0.4 is 15.8 Å². The third-order valence-electron chi connectivity index (χ3n) is 2.73. The number of benzene rings is 2. The molecule has 2 rings (SSSR count). The highest BCUT2D eigenvalue weighted by molar-refractivity contribution is 9.10. The first-order valence-electron chi connectivity index (χ1n) is 6.30. The van der Waals surface area contributed by atoms with Crippen LogP contribution in [0.5, 0.6) is 5.75 Å². The molecule has 0 aliphatic rings. The van der Waals surface area contributed by atoms with E-state index in [1.54, 1.807) is 24.3 Å². The van der Waals surface area contributed by atoms with Crippen LogP contribution in [0.15, 0.2) is 40.9 Å². The normalized spacial score (nSPS) is 10.2. The average Bonchev–Trinajstić information content (AvgIpc) is 2.43. The van der Waals surface area contributed by atoms with Gasteiger partial charge in [-0.3, -0.25) is 4.79 Å². The Morgan fingerprint density at radius 1 is 1.38 bits per heavy atom. The first-order valence-corrected chi connectivity index (χ1v) is 7.09. The van der Waals surface area contributed by atoms with Crippen molar-refractivity contribution >= 4 is 33.2 Å². The lowest BCUT2D eigenvalue weighted by Crippen LogP contribution is -2.13. The van der Waals surface area contributed by atoms with Crippen molar-refractivity contribution in [3.8, 4) is 5.75 Å². The molecule has 110 valence electrons. The summed E-state index contributed by atoms with van der Waals surface area (Å²) >= 11 is 3.15. The van der Waals surface area contributed by atoms with Crippen molar-refractivity contribution in [1.29, 1.82) is 0 Å². The standard InChI is InChI=1S/C15H14BrFN2O2/c1-2-21-10-5-3-4-9(6-10)19-15(20)11-7-14(18)13(17)8-12(11)16/h3-8H,2,18H2,1H3,(H,19,20). The van der Waals surface area contributed by atoms with Gasteiger partial charge in [-0.25, -0.2) is 4.39 Å². The van der Waals surface area contributed by atoms with Crippen molar-refractivity contribution in [3.63, 3.8) is 0 Å². The van der Waals surface area contributed by atoms with Gasteiger partial charge in [0.1, 0.15) is 11.6 Å². The van der Waals surface area contributed by atoms with Crippen molar-refractivity contribution in [2.24, 2.45) is 0 Å². The van der Waals surface area contributed by atoms with Gasteiger partial charge in [-0.05, 0) is 47.1 Å². The van der Waals surface area contributed by atoms with Crippen LogP contribution in [0.2, 0.25) is 0 Å². The topological polar surface area (TPSA) is 64.3 Å². The summed E-state index contributed by atoms with van der Waals surface area (Å²) in [5, 5.41) is 2.72. The smallest absolute Gasteiger partial charge is 0.256 e. The molecule has 3 N–H and O–H groups in total. The molecule has 0 saturated heterocycles. The predicted molar refractivity (Wildman–Crippen MR) is 84.1 cm³/mol. The lowest BCUT2D eigenvalue weighted by atomic mass is 10.1. The second-order valence-electron chi connectivity index (χ2n) is 4.27. The molecule has 0 heterocycles. The van der Waals surface area contributed by atoms with Gasteiger partial charge in [0, 0.05) is 16.2 Å². The Kier molecular flexibility index (Phi) is 4.80. The predicted octanol–water partition coefficient (Wildman–Crippen LogP) is 3.82. The highest BCUT2D eigenvalue weighted by Gasteiger charge is 2.13. The van der Waals surface area contributed by atoms with E-state index in [-0.39, 0.29) is 17.2 Å². The molecule has 0 aliphatic heterocycles. The van der Waals surface area contributed by atoms with Crippen LogP contribution >= 0.6 is 15.9 Å². The number of anilines is 2. The zero-order valence-electron chi connectivity index (χ0n) is 11.3. The second-order valence-corrected chi connectivity index (χ2v) is 5.12. The van der Waals surface area contributed by atoms with Gasteiger partial charge >= 0.3 is 0 Å². The van der Waals surface area contributed by atoms with E-state index >= 15 is 0 Å². The zero-order valence-corrected chi connectivity index (χ0v) is 12.9. The van der Waals surface area contributed by atoms with Gasteiger partial charge in [0.25, 0.3) is 5.91 Å². The van der Waals surface area contributed by atoms with E-state index in [4.69, 9.17) is 10.5 Å². The van der Waals surface area contributed by atoms with Crippen molar-refractivity contribution in [1.82, 2.24) is 0 Å². The van der Waals surface area contributed by atoms with Crippen LogP contribution in [0, 0.1) is 5.82 Å². The van der Waals surface area contributed by atoms with E-state index in [2.05, 4.69) is 21.2 Å². The lowest BCUT2D eigenvalue weighted by Gasteiger charge is -2.10. The lowest BCUT2D eigenvalue weighted by molar-refractivity contribution is 0.102. The second kappa shape index (κ2) is 6.58. The van der Waals surface area contributed by atoms with Crippen molar-refractivity contribution < 1.29 is 13.9 Å². The Bertz CT molecular complexity index is 677. The Hall–Kier alpha value is -2.08. The van der Waals surface area contributed by atoms with Crippen LogP contribution in [0.1, 0.15) is 17.3 Å². The van der Waals surface area contributed by atoms with Crippen LogP contribution in [-0.2, 0) is 0 Å². The Labute approximate surface area is 130 Å². The number of halogens is 2. The number of amides is 1. The number of hydrogen-bond acceptors (Lipinski definition) is 3. The number of nitrogens with one attached hydrogen (secondary N) is 1. The summed E-state index contributed by atoms with van der Waals surface area (Å²) in [6.07, 6.45) is 0. The largest absolute Gasteiger partial charge is 0.494 e. The molecule has 0 aliphatic carbocycles. The van der Waals surface area contributed by atoms with Gasteiger partial charge in [0.2, 0.25) is 0 Å². The van der Waals surface area contributed by atoms with E-state index in [1.807, 2.05) is 6.92 Å². The maximum absolute atomic E-state index is 13.3. The number of nitrogen functional groups attached to an aromatic ring is 1. The molecule has 0 atom stereocenters. The summed E-state index contributed by atoms with van der Waals surface area (Å²) < 4.78 is 19.0. The fraction of sp³-hybridized carbons (Fsp3) is 0.133. The first kappa shape index (κ1) is 15.3. The van der Waals surface area contributed by atoms with E-state index in [0.29, 0.717) is 22.5 Å². The van der Waals surface area contributed by atoms with Crippen molar-refractivity contribution in [2.45, 2.75) is 6.92 Å². The number of ether oxygens (including phenoxy) is 1. The monoisotopic (exact) mass is 352 g/mol. The number of carbonyl (C=O) groups is 1. The quantitative estimate of drug-likeness (QED) is 0.822. The molecule has 0 bridgehead atoms. The van der Waals surface area contributed by atoms with Gasteiger partial charge in [-0.1, -0.05) is 6.07 Å². The minimum atomic E-state index is -0.572. The molecule has 0 aromatic heterocycles. The van der Waals surface area contributed by atoms with E-state index in [0.717, 1.165) is 0 Å². The van der Waals surface area contributed by atoms with Gasteiger partial charge < -0.3 is 15.8 Å². The third-order valence-corrected chi connectivity index (χ3v) is 3.39. The van der Waals surface area contributed by atoms with E-state index < -0.39 is 5.82 Å². The molecular weight excluding hydrogens is 339 g/mol. The van der Waals surface area contributed by atoms with E-state index in [1.165, 1.54) is 12.1 Å². The fourth-order valence-electron chi connectivity index (χ4n) is 1.77. The summed E-state index contributed by atoms with van der Waals surface area (Å²) in [5.41, 5.74) is 6.26. The van der Waals surface area contributed by atoms with Crippen molar-refractivity contribution in [2.75, 3.05) is 17.7 Å². The molecule has 0 unspecified atom stereocenters. The molecule has 21 heavy (non-hydrogen) atoms. The van der Waals surface area contributed by atoms with Gasteiger partial charge in [0.15, 0.2) is 0 Å². The molecular formula is C15H14BrFN2O2. The maximum Gasteiger partial charge on any atom is 0.256 e. The molecule has 1 amide bonds. The minimum Gasteiger partial charge on any atom is -0.494 e. The molecule has 2 aromatic carbocycles. The summed E-state index contributed by atoms with van der Waals surface area (Å²) in [6.45, 7) is 2.42. The highest BCUT2D eigenvalue weighted by Crippen LogP contribution is 2.24. The third kappa shape index (κ3) is 3.72. The van der Waals surface area contributed by atoms with Gasteiger partial charge in [0.05, 0.1) is 17.9 Å². The molecule has 4 nitrogen and oxygen atoms in total. The fourth-order valence-corrected chi connectivity index (χ4v) is 2.26. The summed E-state index contributed by atoms with van der Waals surface area (Å²) in [5.74, 6) is -0.299. The average molecular weight is 353 g/mol. The van der Waals surface area contributed by atoms with Gasteiger partial charge in [-0.15, -0.1) is 0 Å².